The SMILES string of the molecule is C/C=C(\C=C(/C)CC)C[C@H](NC(=O)CCN(N)/C=C(\N)c1cccnc1)B(O)O. The van der Waals surface area contributed by atoms with Crippen LogP contribution in [0.2, 0.25) is 0 Å². The number of pyridine rings is 1. The molecule has 158 valence electrons. The molecular formula is C20H32BN5O3. The summed E-state index contributed by atoms with van der Waals surface area (Å²) in [6.07, 6.45) is 9.97. The molecule has 1 amide bonds. The highest BCUT2D eigenvalue weighted by Crippen LogP contribution is 2.13. The van der Waals surface area contributed by atoms with Crippen molar-refractivity contribution in [1.82, 2.24) is 15.3 Å². The Hall–Kier alpha value is -2.62. The number of carbonyl (C=O) groups is 1. The number of aromatic nitrogens is 1. The predicted octanol–water partition coefficient (Wildman–Crippen LogP) is 1.09. The lowest BCUT2D eigenvalue weighted by Gasteiger charge is -2.20. The van der Waals surface area contributed by atoms with Gasteiger partial charge in [0.2, 0.25) is 5.91 Å². The molecule has 1 rings (SSSR count). The number of nitrogens with zero attached hydrogens (tertiary/aromatic N) is 2. The van der Waals surface area contributed by atoms with Crippen LogP contribution < -0.4 is 16.9 Å². The number of carbonyl (C=O) groups excluding carboxylic acids is 1. The van der Waals surface area contributed by atoms with Crippen molar-refractivity contribution < 1.29 is 14.8 Å². The van der Waals surface area contributed by atoms with Gasteiger partial charge in [0.1, 0.15) is 0 Å². The molecule has 7 N–H and O–H groups in total. The Balaban J connectivity index is 2.61. The van der Waals surface area contributed by atoms with Crippen molar-refractivity contribution in [2.75, 3.05) is 6.54 Å². The maximum absolute atomic E-state index is 12.3. The molecule has 1 aromatic rings. The maximum atomic E-state index is 12.3. The third kappa shape index (κ3) is 9.42. The summed E-state index contributed by atoms with van der Waals surface area (Å²) in [5, 5.41) is 23.3. The van der Waals surface area contributed by atoms with E-state index in [2.05, 4.69) is 10.3 Å². The monoisotopic (exact) mass is 401 g/mol. The minimum atomic E-state index is -1.67. The van der Waals surface area contributed by atoms with E-state index < -0.39 is 13.1 Å². The molecule has 29 heavy (non-hydrogen) atoms. The van der Waals surface area contributed by atoms with Crippen molar-refractivity contribution in [2.24, 2.45) is 11.6 Å². The average Bonchev–Trinajstić information content (AvgIpc) is 2.71. The molecule has 0 fully saturated rings. The van der Waals surface area contributed by atoms with Crippen LogP contribution in [0.25, 0.3) is 5.70 Å². The third-order valence-corrected chi connectivity index (χ3v) is 4.42. The van der Waals surface area contributed by atoms with Crippen LogP contribution in [0.4, 0.5) is 0 Å². The zero-order valence-electron chi connectivity index (χ0n) is 17.4. The molecule has 8 nitrogen and oxygen atoms in total. The van der Waals surface area contributed by atoms with Gasteiger partial charge >= 0.3 is 7.12 Å². The minimum Gasteiger partial charge on any atom is -0.426 e. The summed E-state index contributed by atoms with van der Waals surface area (Å²) >= 11 is 0. The van der Waals surface area contributed by atoms with Crippen molar-refractivity contribution in [2.45, 2.75) is 46.0 Å². The third-order valence-electron chi connectivity index (χ3n) is 4.42. The minimum absolute atomic E-state index is 0.0749. The molecule has 1 heterocycles. The standard InChI is InChI=1S/C20H32BN5O3/c1-4-15(3)11-16(5-2)12-19(21(28)29)25-20(27)8-10-26(23)14-18(22)17-7-6-9-24-13-17/h5-7,9,11,13-14,19,28-29H,4,8,10,12,22-23H2,1-3H3,(H,25,27)/b15-11+,16-5+,18-14-/t19-/m0/s1. The van der Waals surface area contributed by atoms with Crippen LogP contribution in [0.5, 0.6) is 0 Å². The number of nitrogens with two attached hydrogens (primary N) is 2. The summed E-state index contributed by atoms with van der Waals surface area (Å²) in [4.78, 5) is 16.2. The van der Waals surface area contributed by atoms with Crippen LogP contribution in [0.1, 0.15) is 45.6 Å². The van der Waals surface area contributed by atoms with Gasteiger partial charge in [-0.3, -0.25) is 9.78 Å². The van der Waals surface area contributed by atoms with E-state index in [1.165, 1.54) is 16.8 Å². The van der Waals surface area contributed by atoms with Gasteiger partial charge in [0.05, 0.1) is 11.6 Å². The second kappa shape index (κ2) is 12.8. The van der Waals surface area contributed by atoms with Crippen molar-refractivity contribution in [3.8, 4) is 0 Å². The van der Waals surface area contributed by atoms with E-state index in [4.69, 9.17) is 11.6 Å². The first-order chi connectivity index (χ1) is 13.8. The number of nitrogens with one attached hydrogen (secondary N) is 1. The molecule has 0 unspecified atom stereocenters. The van der Waals surface area contributed by atoms with Gasteiger partial charge in [0.25, 0.3) is 0 Å². The first-order valence-corrected chi connectivity index (χ1v) is 9.63. The fourth-order valence-electron chi connectivity index (χ4n) is 2.52. The van der Waals surface area contributed by atoms with Crippen LogP contribution in [0.3, 0.4) is 0 Å². The maximum Gasteiger partial charge on any atom is 0.475 e. The van der Waals surface area contributed by atoms with Crippen LogP contribution in [0.15, 0.2) is 54.0 Å². The largest absolute Gasteiger partial charge is 0.475 e. The Morgan fingerprint density at radius 2 is 2.17 bits per heavy atom. The molecule has 0 aliphatic heterocycles. The Bertz CT molecular complexity index is 735. The highest BCUT2D eigenvalue weighted by atomic mass is 16.4. The topological polar surface area (TPSA) is 138 Å². The van der Waals surface area contributed by atoms with E-state index in [-0.39, 0.29) is 18.9 Å². The van der Waals surface area contributed by atoms with Gasteiger partial charge in [0.15, 0.2) is 0 Å². The van der Waals surface area contributed by atoms with Crippen molar-refractivity contribution >= 4 is 18.7 Å². The molecule has 9 heteroatoms. The summed E-state index contributed by atoms with van der Waals surface area (Å²) in [7, 11) is -1.67. The van der Waals surface area contributed by atoms with Gasteiger partial charge in [-0.2, -0.15) is 0 Å². The van der Waals surface area contributed by atoms with Gasteiger partial charge in [-0.15, -0.1) is 0 Å². The van der Waals surface area contributed by atoms with E-state index in [9.17, 15) is 14.8 Å². The van der Waals surface area contributed by atoms with Gasteiger partial charge in [-0.25, -0.2) is 5.84 Å². The molecule has 0 saturated heterocycles. The van der Waals surface area contributed by atoms with Crippen LogP contribution in [-0.4, -0.2) is 45.6 Å². The number of hydrazine groups is 1. The molecule has 0 spiro atoms. The Kier molecular flexibility index (Phi) is 10.8. The molecule has 1 atom stereocenters. The van der Waals surface area contributed by atoms with E-state index in [0.29, 0.717) is 12.1 Å². The molecule has 0 saturated carbocycles. The summed E-state index contributed by atoms with van der Waals surface area (Å²) in [6, 6.07) is 3.57. The Morgan fingerprint density at radius 3 is 2.72 bits per heavy atom. The molecular weight excluding hydrogens is 369 g/mol. The zero-order chi connectivity index (χ0) is 21.8. The smallest absolute Gasteiger partial charge is 0.426 e. The number of rotatable bonds is 11. The van der Waals surface area contributed by atoms with Gasteiger partial charge in [-0.1, -0.05) is 30.2 Å². The predicted molar refractivity (Wildman–Crippen MR) is 116 cm³/mol. The molecule has 0 radical (unpaired) electrons. The van der Waals surface area contributed by atoms with Crippen LogP contribution in [0, 0.1) is 0 Å². The lowest BCUT2D eigenvalue weighted by Crippen LogP contribution is -2.47. The van der Waals surface area contributed by atoms with E-state index in [1.807, 2.05) is 32.9 Å². The Labute approximate surface area is 173 Å². The number of hydrogen-bond donors (Lipinski definition) is 5. The second-order valence-electron chi connectivity index (χ2n) is 6.81. The number of allylic oxidation sites excluding steroid dienone is 3. The Morgan fingerprint density at radius 1 is 1.45 bits per heavy atom. The number of hydrogen-bond acceptors (Lipinski definition) is 7. The zero-order valence-corrected chi connectivity index (χ0v) is 17.4. The van der Waals surface area contributed by atoms with Crippen LogP contribution >= 0.6 is 0 Å². The molecule has 1 aromatic heterocycles. The normalized spacial score (nSPS) is 13.8. The first-order valence-electron chi connectivity index (χ1n) is 9.63. The molecule has 0 aliphatic rings. The molecule has 0 aromatic carbocycles. The second-order valence-corrected chi connectivity index (χ2v) is 6.81. The number of amides is 1. The lowest BCUT2D eigenvalue weighted by molar-refractivity contribution is -0.121. The summed E-state index contributed by atoms with van der Waals surface area (Å²) < 4.78 is 0. The van der Waals surface area contributed by atoms with Crippen molar-refractivity contribution in [3.05, 3.63) is 59.6 Å². The van der Waals surface area contributed by atoms with Crippen molar-refractivity contribution in [1.29, 1.82) is 0 Å². The first kappa shape index (κ1) is 24.4. The summed E-state index contributed by atoms with van der Waals surface area (Å²) in [5.41, 5.74) is 9.22. The van der Waals surface area contributed by atoms with Gasteiger partial charge in [0, 0.05) is 37.1 Å². The van der Waals surface area contributed by atoms with Gasteiger partial charge < -0.3 is 26.1 Å². The molecule has 0 aliphatic carbocycles. The van der Waals surface area contributed by atoms with E-state index in [1.54, 1.807) is 24.5 Å². The average molecular weight is 401 g/mol. The fraction of sp³-hybridized carbons (Fsp3) is 0.400. The van der Waals surface area contributed by atoms with Crippen LogP contribution in [-0.2, 0) is 4.79 Å². The highest BCUT2D eigenvalue weighted by molar-refractivity contribution is 6.43. The summed E-state index contributed by atoms with van der Waals surface area (Å²) in [5.74, 6) is 4.74. The fourth-order valence-corrected chi connectivity index (χ4v) is 2.52. The molecule has 0 bridgehead atoms. The lowest BCUT2D eigenvalue weighted by atomic mass is 9.75. The quantitative estimate of drug-likeness (QED) is 0.162. The van der Waals surface area contributed by atoms with E-state index in [0.717, 1.165) is 17.6 Å². The van der Waals surface area contributed by atoms with E-state index >= 15 is 0 Å². The van der Waals surface area contributed by atoms with Gasteiger partial charge in [-0.05, 0) is 38.8 Å². The highest BCUT2D eigenvalue weighted by Gasteiger charge is 2.25. The summed E-state index contributed by atoms with van der Waals surface area (Å²) in [6.45, 7) is 6.15. The van der Waals surface area contributed by atoms with Crippen molar-refractivity contribution in [3.63, 3.8) is 0 Å².